The summed E-state index contributed by atoms with van der Waals surface area (Å²) in [6, 6.07) is 7.25. The highest BCUT2D eigenvalue weighted by atomic mass is 16.3. The minimum absolute atomic E-state index is 0.167. The van der Waals surface area contributed by atoms with E-state index in [1.807, 2.05) is 12.1 Å². The van der Waals surface area contributed by atoms with E-state index in [1.165, 1.54) is 0 Å². The summed E-state index contributed by atoms with van der Waals surface area (Å²) >= 11 is 0. The summed E-state index contributed by atoms with van der Waals surface area (Å²) < 4.78 is 0. The molecule has 0 saturated heterocycles. The molecule has 1 aromatic carbocycles. The molecule has 0 amide bonds. The normalized spacial score (nSPS) is 8.54. The van der Waals surface area contributed by atoms with Gasteiger partial charge in [-0.15, -0.1) is 6.42 Å². The quantitative estimate of drug-likeness (QED) is 0.467. The Kier molecular flexibility index (Phi) is 5.42. The van der Waals surface area contributed by atoms with Crippen molar-refractivity contribution in [3.05, 3.63) is 29.8 Å². The standard InChI is InChI=1S/C8H7N.C3H8O/c1-2-7-4-3-5-8(9)6-7;1-3(2)4/h1,3-6H,9H2;3-4H,1-2H3. The van der Waals surface area contributed by atoms with E-state index < -0.39 is 0 Å². The Bertz CT molecular complexity index is 284. The zero-order valence-electron chi connectivity index (χ0n) is 7.99. The molecule has 0 unspecified atom stereocenters. The maximum absolute atomic E-state index is 8.06. The van der Waals surface area contributed by atoms with Crippen molar-refractivity contribution in [1.82, 2.24) is 0 Å². The first-order chi connectivity index (χ1) is 6.06. The molecule has 0 saturated carbocycles. The molecule has 13 heavy (non-hydrogen) atoms. The molecule has 70 valence electrons. The summed E-state index contributed by atoms with van der Waals surface area (Å²) in [5.41, 5.74) is 6.98. The smallest absolute Gasteiger partial charge is 0.0483 e. The minimum Gasteiger partial charge on any atom is -0.399 e. The third kappa shape index (κ3) is 6.92. The first-order valence-corrected chi connectivity index (χ1v) is 4.06. The molecule has 0 aliphatic carbocycles. The monoisotopic (exact) mass is 177 g/mol. The maximum Gasteiger partial charge on any atom is 0.0483 e. The van der Waals surface area contributed by atoms with Gasteiger partial charge in [-0.2, -0.15) is 0 Å². The number of nitrogen functional groups attached to an aromatic ring is 1. The van der Waals surface area contributed by atoms with Crippen molar-refractivity contribution < 1.29 is 5.11 Å². The maximum atomic E-state index is 8.06. The lowest BCUT2D eigenvalue weighted by Gasteiger charge is -1.90. The molecule has 0 atom stereocenters. The predicted octanol–water partition coefficient (Wildman–Crippen LogP) is 1.64. The zero-order chi connectivity index (χ0) is 10.3. The van der Waals surface area contributed by atoms with Crippen LogP contribution in [0, 0.1) is 12.3 Å². The number of rotatable bonds is 0. The predicted molar refractivity (Wildman–Crippen MR) is 56.1 cm³/mol. The van der Waals surface area contributed by atoms with E-state index in [4.69, 9.17) is 17.3 Å². The van der Waals surface area contributed by atoms with Crippen LogP contribution in [0.25, 0.3) is 0 Å². The number of hydrogen-bond acceptors (Lipinski definition) is 2. The van der Waals surface area contributed by atoms with Crippen molar-refractivity contribution in [3.8, 4) is 12.3 Å². The molecular weight excluding hydrogens is 162 g/mol. The van der Waals surface area contributed by atoms with Crippen LogP contribution in [0.4, 0.5) is 5.69 Å². The molecule has 0 aliphatic rings. The van der Waals surface area contributed by atoms with Gasteiger partial charge in [-0.05, 0) is 32.0 Å². The van der Waals surface area contributed by atoms with Crippen molar-refractivity contribution in [2.24, 2.45) is 0 Å². The van der Waals surface area contributed by atoms with E-state index in [-0.39, 0.29) is 6.10 Å². The van der Waals surface area contributed by atoms with Crippen molar-refractivity contribution in [2.75, 3.05) is 5.73 Å². The fraction of sp³-hybridized carbons (Fsp3) is 0.273. The first kappa shape index (κ1) is 11.5. The van der Waals surface area contributed by atoms with Gasteiger partial charge in [0, 0.05) is 17.4 Å². The SMILES string of the molecule is C#Cc1cccc(N)c1.CC(C)O. The van der Waals surface area contributed by atoms with Crippen LogP contribution in [0.1, 0.15) is 19.4 Å². The first-order valence-electron chi connectivity index (χ1n) is 4.06. The number of aliphatic hydroxyl groups excluding tert-OH is 1. The van der Waals surface area contributed by atoms with Crippen LogP contribution in [0.3, 0.4) is 0 Å². The Morgan fingerprint density at radius 1 is 1.46 bits per heavy atom. The average Bonchev–Trinajstić information content (AvgIpc) is 2.03. The Labute approximate surface area is 79.4 Å². The van der Waals surface area contributed by atoms with E-state index in [9.17, 15) is 0 Å². The largest absolute Gasteiger partial charge is 0.399 e. The Balaban J connectivity index is 0.000000310. The second kappa shape index (κ2) is 6.10. The minimum atomic E-state index is -0.167. The lowest BCUT2D eigenvalue weighted by molar-refractivity contribution is 0.216. The molecule has 0 aliphatic heterocycles. The van der Waals surface area contributed by atoms with Crippen LogP contribution in [0.15, 0.2) is 24.3 Å². The van der Waals surface area contributed by atoms with Crippen LogP contribution in [0.2, 0.25) is 0 Å². The average molecular weight is 177 g/mol. The number of benzene rings is 1. The summed E-state index contributed by atoms with van der Waals surface area (Å²) in [7, 11) is 0. The second-order valence-corrected chi connectivity index (χ2v) is 2.86. The van der Waals surface area contributed by atoms with Crippen molar-refractivity contribution in [3.63, 3.8) is 0 Å². The van der Waals surface area contributed by atoms with Gasteiger partial charge in [0.1, 0.15) is 0 Å². The van der Waals surface area contributed by atoms with Crippen molar-refractivity contribution >= 4 is 5.69 Å². The number of nitrogens with two attached hydrogens (primary N) is 1. The highest BCUT2D eigenvalue weighted by molar-refractivity contribution is 5.46. The molecule has 2 nitrogen and oxygen atoms in total. The van der Waals surface area contributed by atoms with Crippen molar-refractivity contribution in [1.29, 1.82) is 0 Å². The van der Waals surface area contributed by atoms with Gasteiger partial charge in [-0.1, -0.05) is 12.0 Å². The number of terminal acetylenes is 1. The zero-order valence-corrected chi connectivity index (χ0v) is 7.99. The van der Waals surface area contributed by atoms with Crippen LogP contribution in [0.5, 0.6) is 0 Å². The third-order valence-electron chi connectivity index (χ3n) is 1.05. The highest BCUT2D eigenvalue weighted by Crippen LogP contribution is 2.03. The lowest BCUT2D eigenvalue weighted by atomic mass is 10.2. The molecule has 0 spiro atoms. The summed E-state index contributed by atoms with van der Waals surface area (Å²) in [5.74, 6) is 2.49. The van der Waals surface area contributed by atoms with Crippen LogP contribution < -0.4 is 5.73 Å². The number of anilines is 1. The molecule has 1 rings (SSSR count). The van der Waals surface area contributed by atoms with Gasteiger partial charge in [-0.3, -0.25) is 0 Å². The Morgan fingerprint density at radius 3 is 2.31 bits per heavy atom. The topological polar surface area (TPSA) is 46.2 Å². The van der Waals surface area contributed by atoms with Gasteiger partial charge in [0.15, 0.2) is 0 Å². The summed E-state index contributed by atoms with van der Waals surface area (Å²) in [5, 5.41) is 8.06. The van der Waals surface area contributed by atoms with Crippen LogP contribution in [-0.2, 0) is 0 Å². The van der Waals surface area contributed by atoms with E-state index in [1.54, 1.807) is 26.0 Å². The number of aliphatic hydroxyl groups is 1. The molecule has 1 aromatic rings. The summed E-state index contributed by atoms with van der Waals surface area (Å²) in [6.07, 6.45) is 4.95. The van der Waals surface area contributed by atoms with Crippen molar-refractivity contribution in [2.45, 2.75) is 20.0 Å². The van der Waals surface area contributed by atoms with Gasteiger partial charge in [0.05, 0.1) is 0 Å². The van der Waals surface area contributed by atoms with Gasteiger partial charge in [-0.25, -0.2) is 0 Å². The van der Waals surface area contributed by atoms with Gasteiger partial charge >= 0.3 is 0 Å². The lowest BCUT2D eigenvalue weighted by Crippen LogP contribution is -1.85. The molecule has 0 fully saturated rings. The van der Waals surface area contributed by atoms with Crippen LogP contribution >= 0.6 is 0 Å². The Morgan fingerprint density at radius 2 is 2.00 bits per heavy atom. The van der Waals surface area contributed by atoms with Gasteiger partial charge in [0.25, 0.3) is 0 Å². The fourth-order valence-electron chi connectivity index (χ4n) is 0.628. The van der Waals surface area contributed by atoms with E-state index in [0.29, 0.717) is 5.69 Å². The molecule has 0 bridgehead atoms. The molecule has 0 aromatic heterocycles. The molecule has 2 heteroatoms. The van der Waals surface area contributed by atoms with Gasteiger partial charge in [0.2, 0.25) is 0 Å². The molecule has 0 radical (unpaired) electrons. The van der Waals surface area contributed by atoms with E-state index >= 15 is 0 Å². The summed E-state index contributed by atoms with van der Waals surface area (Å²) in [4.78, 5) is 0. The number of hydrogen-bond donors (Lipinski definition) is 2. The molecule has 3 N–H and O–H groups in total. The second-order valence-electron chi connectivity index (χ2n) is 2.86. The summed E-state index contributed by atoms with van der Waals surface area (Å²) in [6.45, 7) is 3.44. The molecular formula is C11H15NO. The Hall–Kier alpha value is -1.46. The molecule has 0 heterocycles. The van der Waals surface area contributed by atoms with Crippen LogP contribution in [-0.4, -0.2) is 11.2 Å². The fourth-order valence-corrected chi connectivity index (χ4v) is 0.628. The highest BCUT2D eigenvalue weighted by Gasteiger charge is 1.84. The third-order valence-corrected chi connectivity index (χ3v) is 1.05. The van der Waals surface area contributed by atoms with E-state index in [0.717, 1.165) is 5.56 Å². The van der Waals surface area contributed by atoms with E-state index in [2.05, 4.69) is 5.92 Å². The van der Waals surface area contributed by atoms with Gasteiger partial charge < -0.3 is 10.8 Å².